The summed E-state index contributed by atoms with van der Waals surface area (Å²) < 4.78 is 17.0. The Kier molecular flexibility index (Phi) is 7.60. The van der Waals surface area contributed by atoms with Crippen LogP contribution in [0.4, 0.5) is 15.7 Å². The van der Waals surface area contributed by atoms with E-state index in [4.69, 9.17) is 9.47 Å². The molecule has 2 fully saturated rings. The van der Waals surface area contributed by atoms with Gasteiger partial charge in [-0.05, 0) is 37.8 Å². The number of carbonyl (C=O) groups is 1. The molecule has 1 saturated carbocycles. The molecule has 11 nitrogen and oxygen atoms in total. The van der Waals surface area contributed by atoms with Gasteiger partial charge in [-0.1, -0.05) is 19.6 Å². The Balaban J connectivity index is 1.14. The highest BCUT2D eigenvalue weighted by Crippen LogP contribution is 2.45. The van der Waals surface area contributed by atoms with Crippen LogP contribution in [0.5, 0.6) is 6.01 Å². The number of rotatable bonds is 9. The zero-order valence-corrected chi connectivity index (χ0v) is 24.8. The molecule has 1 spiro atoms. The number of hydrogen-bond donors (Lipinski definition) is 1. The third kappa shape index (κ3) is 5.79. The first kappa shape index (κ1) is 26.8. The molecule has 0 bridgehead atoms. The Bertz CT molecular complexity index is 1260. The molecule has 38 heavy (non-hydrogen) atoms. The fourth-order valence-corrected chi connectivity index (χ4v) is 6.72. The minimum absolute atomic E-state index is 0.119. The van der Waals surface area contributed by atoms with E-state index in [-0.39, 0.29) is 17.5 Å². The lowest BCUT2D eigenvalue weighted by Gasteiger charge is -2.54. The third-order valence-corrected chi connectivity index (χ3v) is 10.1. The van der Waals surface area contributed by atoms with Gasteiger partial charge in [-0.25, -0.2) is 14.8 Å². The highest BCUT2D eigenvalue weighted by molar-refractivity contribution is 7.10. The van der Waals surface area contributed by atoms with E-state index in [1.165, 1.54) is 7.11 Å². The van der Waals surface area contributed by atoms with E-state index in [9.17, 15) is 4.79 Å². The standard InChI is InChI=1S/C25H38N8O3SSi/c1-31(20-19-8-11-32(21(19)27-16-26-20)17-36-12-13-38(3,4)5)18-6-9-25(10-7-18)14-33(15-25)24(34)29-23-28-22(35-2)30-37-23/h8,11,16,18H,6-7,9-10,12-15,17H2,1-5H3,(H,28,29,30,34). The third-order valence-electron chi connectivity index (χ3n) is 7.80. The summed E-state index contributed by atoms with van der Waals surface area (Å²) in [6.07, 6.45) is 8.05. The van der Waals surface area contributed by atoms with Gasteiger partial charge in [0.2, 0.25) is 5.13 Å². The van der Waals surface area contributed by atoms with E-state index >= 15 is 0 Å². The summed E-state index contributed by atoms with van der Waals surface area (Å²) in [5.74, 6) is 0.971. The van der Waals surface area contributed by atoms with Crippen molar-refractivity contribution in [1.82, 2.24) is 28.8 Å². The van der Waals surface area contributed by atoms with E-state index in [0.717, 1.165) is 79.8 Å². The van der Waals surface area contributed by atoms with Gasteiger partial charge < -0.3 is 23.8 Å². The van der Waals surface area contributed by atoms with E-state index in [1.54, 1.807) is 6.33 Å². The van der Waals surface area contributed by atoms with Gasteiger partial charge in [0.1, 0.15) is 24.5 Å². The molecule has 1 aliphatic heterocycles. The van der Waals surface area contributed by atoms with Crippen molar-refractivity contribution in [3.05, 3.63) is 18.6 Å². The summed E-state index contributed by atoms with van der Waals surface area (Å²) in [7, 11) is 2.54. The van der Waals surface area contributed by atoms with Crippen LogP contribution >= 0.6 is 11.5 Å². The summed E-state index contributed by atoms with van der Waals surface area (Å²) in [6.45, 7) is 9.95. The lowest BCUT2D eigenvalue weighted by Crippen LogP contribution is -2.61. The molecule has 3 aromatic rings. The zero-order chi connectivity index (χ0) is 26.9. The average molecular weight is 559 g/mol. The van der Waals surface area contributed by atoms with Crippen molar-refractivity contribution in [1.29, 1.82) is 0 Å². The number of likely N-dealkylation sites (tertiary alicyclic amines) is 1. The van der Waals surface area contributed by atoms with Gasteiger partial charge in [0.05, 0.1) is 12.5 Å². The fraction of sp³-hybridized carbons (Fsp3) is 0.640. The molecule has 13 heteroatoms. The summed E-state index contributed by atoms with van der Waals surface area (Å²) in [5, 5.41) is 4.35. The van der Waals surface area contributed by atoms with Crippen LogP contribution in [0.3, 0.4) is 0 Å². The van der Waals surface area contributed by atoms with Crippen LogP contribution in [-0.4, -0.2) is 82.8 Å². The maximum Gasteiger partial charge on any atom is 0.329 e. The quantitative estimate of drug-likeness (QED) is 0.302. The average Bonchev–Trinajstić information content (AvgIpc) is 3.51. The summed E-state index contributed by atoms with van der Waals surface area (Å²) in [4.78, 5) is 30.1. The Hall–Kier alpha value is -2.77. The first-order chi connectivity index (χ1) is 18.2. The second-order valence-electron chi connectivity index (χ2n) is 11.8. The zero-order valence-electron chi connectivity index (χ0n) is 22.9. The van der Waals surface area contributed by atoms with Crippen molar-refractivity contribution in [2.75, 3.05) is 44.1 Å². The molecule has 1 aliphatic carbocycles. The normalized spacial score (nSPS) is 17.6. The number of hydrogen-bond acceptors (Lipinski definition) is 9. The SMILES string of the molecule is COc1nsc(NC(=O)N2CC3(CCC(N(C)c4ncnc5c4ccn5COCC[Si](C)(C)C)CC3)C2)n1. The molecule has 1 saturated heterocycles. The fourth-order valence-electron chi connectivity index (χ4n) is 5.43. The van der Waals surface area contributed by atoms with Gasteiger partial charge in [0.15, 0.2) is 0 Å². The molecule has 1 N–H and O–H groups in total. The van der Waals surface area contributed by atoms with Crippen molar-refractivity contribution in [3.8, 4) is 6.01 Å². The largest absolute Gasteiger partial charge is 0.466 e. The lowest BCUT2D eigenvalue weighted by molar-refractivity contribution is 0.000958. The minimum atomic E-state index is -1.11. The molecular weight excluding hydrogens is 520 g/mol. The van der Waals surface area contributed by atoms with Gasteiger partial charge >= 0.3 is 12.0 Å². The summed E-state index contributed by atoms with van der Waals surface area (Å²) in [6, 6.07) is 3.82. The number of nitrogens with zero attached hydrogens (tertiary/aromatic N) is 7. The number of methoxy groups -OCH3 is 1. The molecule has 2 amide bonds. The van der Waals surface area contributed by atoms with Crippen molar-refractivity contribution in [2.24, 2.45) is 5.41 Å². The number of urea groups is 1. The number of nitrogens with one attached hydrogen (secondary N) is 1. The molecule has 0 unspecified atom stereocenters. The van der Waals surface area contributed by atoms with Gasteiger partial charge in [0, 0.05) is 64.0 Å². The predicted octanol–water partition coefficient (Wildman–Crippen LogP) is 4.52. The smallest absolute Gasteiger partial charge is 0.329 e. The van der Waals surface area contributed by atoms with Gasteiger partial charge in [-0.15, -0.1) is 4.37 Å². The van der Waals surface area contributed by atoms with Crippen LogP contribution in [0, 0.1) is 5.41 Å². The molecule has 3 aromatic heterocycles. The predicted molar refractivity (Wildman–Crippen MR) is 152 cm³/mol. The molecule has 4 heterocycles. The second-order valence-corrected chi connectivity index (χ2v) is 18.2. The second kappa shape index (κ2) is 10.8. The number of ether oxygens (including phenoxy) is 2. The van der Waals surface area contributed by atoms with E-state index in [0.29, 0.717) is 17.9 Å². The molecular formula is C25H38N8O3SSi. The van der Waals surface area contributed by atoms with Crippen molar-refractivity contribution >= 4 is 47.6 Å². The number of anilines is 2. The molecule has 206 valence electrons. The topological polar surface area (TPSA) is 111 Å². The van der Waals surface area contributed by atoms with Crippen LogP contribution in [0.2, 0.25) is 25.7 Å². The van der Waals surface area contributed by atoms with Crippen LogP contribution in [-0.2, 0) is 11.5 Å². The van der Waals surface area contributed by atoms with Crippen molar-refractivity contribution in [2.45, 2.75) is 64.1 Å². The van der Waals surface area contributed by atoms with Crippen LogP contribution < -0.4 is 15.0 Å². The number of aromatic nitrogens is 5. The van der Waals surface area contributed by atoms with Crippen molar-refractivity contribution in [3.63, 3.8) is 0 Å². The van der Waals surface area contributed by atoms with Crippen LogP contribution in [0.1, 0.15) is 25.7 Å². The van der Waals surface area contributed by atoms with Crippen LogP contribution in [0.25, 0.3) is 11.0 Å². The van der Waals surface area contributed by atoms with E-state index < -0.39 is 8.07 Å². The lowest BCUT2D eigenvalue weighted by atomic mass is 9.67. The summed E-state index contributed by atoms with van der Waals surface area (Å²) >= 11 is 1.12. The Morgan fingerprint density at radius 1 is 1.26 bits per heavy atom. The summed E-state index contributed by atoms with van der Waals surface area (Å²) in [5.41, 5.74) is 1.13. The first-order valence-corrected chi connectivity index (χ1v) is 17.7. The van der Waals surface area contributed by atoms with Crippen molar-refractivity contribution < 1.29 is 14.3 Å². The Labute approximate surface area is 228 Å². The molecule has 0 radical (unpaired) electrons. The Morgan fingerprint density at radius 3 is 2.71 bits per heavy atom. The molecule has 5 rings (SSSR count). The highest BCUT2D eigenvalue weighted by atomic mass is 32.1. The maximum atomic E-state index is 12.6. The molecule has 0 aromatic carbocycles. The Morgan fingerprint density at radius 2 is 2.03 bits per heavy atom. The molecule has 2 aliphatic rings. The van der Waals surface area contributed by atoms with Gasteiger partial charge in [-0.2, -0.15) is 4.98 Å². The van der Waals surface area contributed by atoms with Gasteiger partial charge in [0.25, 0.3) is 0 Å². The monoisotopic (exact) mass is 558 g/mol. The number of fused-ring (bicyclic) bond motifs is 1. The first-order valence-electron chi connectivity index (χ1n) is 13.2. The maximum absolute atomic E-state index is 12.6. The van der Waals surface area contributed by atoms with Crippen LogP contribution in [0.15, 0.2) is 18.6 Å². The molecule has 0 atom stereocenters. The van der Waals surface area contributed by atoms with E-state index in [2.05, 4.69) is 66.9 Å². The van der Waals surface area contributed by atoms with E-state index in [1.807, 2.05) is 11.1 Å². The highest BCUT2D eigenvalue weighted by Gasteiger charge is 2.47. The number of carbonyl (C=O) groups excluding carboxylic acids is 1. The number of amides is 2. The van der Waals surface area contributed by atoms with Gasteiger partial charge in [-0.3, -0.25) is 5.32 Å². The minimum Gasteiger partial charge on any atom is -0.466 e.